The molecule has 1 aliphatic carbocycles. The Morgan fingerprint density at radius 3 is 2.10 bits per heavy atom. The van der Waals surface area contributed by atoms with Crippen molar-refractivity contribution in [2.45, 2.75) is 22.8 Å². The average molecular weight is 454 g/mol. The molecule has 1 saturated carbocycles. The first-order valence-corrected chi connectivity index (χ1v) is 11.9. The number of piperidine rings is 1. The van der Waals surface area contributed by atoms with Gasteiger partial charge in [0.2, 0.25) is 10.0 Å². The number of hydrogen-bond acceptors (Lipinski definition) is 3. The van der Waals surface area contributed by atoms with Crippen LogP contribution < -0.4 is 0 Å². The van der Waals surface area contributed by atoms with Crippen LogP contribution in [0.25, 0.3) is 11.1 Å². The highest BCUT2D eigenvalue weighted by Gasteiger charge is 2.78. The molecule has 2 aliphatic rings. The van der Waals surface area contributed by atoms with Crippen molar-refractivity contribution in [3.63, 3.8) is 0 Å². The van der Waals surface area contributed by atoms with Crippen molar-refractivity contribution in [1.82, 2.24) is 4.31 Å². The molecule has 3 atom stereocenters. The summed E-state index contributed by atoms with van der Waals surface area (Å²) in [5.41, 5.74) is 1.24. The molecule has 3 aromatic rings. The molecule has 0 amide bonds. The third-order valence-corrected chi connectivity index (χ3v) is 8.69. The third-order valence-electron chi connectivity index (χ3n) is 6.51. The zero-order valence-electron chi connectivity index (χ0n) is 16.5. The van der Waals surface area contributed by atoms with Gasteiger partial charge in [0, 0.05) is 23.4 Å². The molecule has 1 saturated heterocycles. The lowest BCUT2D eigenvalue weighted by Crippen LogP contribution is -2.46. The smallest absolute Gasteiger partial charge is 0.326 e. The Bertz CT molecular complexity index is 1240. The topological polar surface area (TPSA) is 74.7 Å². The van der Waals surface area contributed by atoms with E-state index in [1.165, 1.54) is 4.31 Å². The molecule has 2 fully saturated rings. The summed E-state index contributed by atoms with van der Waals surface area (Å²) in [6.07, 6.45) is 0.536. The summed E-state index contributed by atoms with van der Waals surface area (Å²) in [5.74, 6) is -1.62. The van der Waals surface area contributed by atoms with Crippen LogP contribution in [0.1, 0.15) is 17.9 Å². The van der Waals surface area contributed by atoms with Crippen LogP contribution in [-0.2, 0) is 14.8 Å². The van der Waals surface area contributed by atoms with E-state index in [9.17, 15) is 18.3 Å². The Kier molecular flexibility index (Phi) is 4.70. The lowest BCUT2D eigenvalue weighted by molar-refractivity contribution is -0.143. The summed E-state index contributed by atoms with van der Waals surface area (Å²) < 4.78 is 28.2. The van der Waals surface area contributed by atoms with E-state index in [-0.39, 0.29) is 23.3 Å². The van der Waals surface area contributed by atoms with E-state index in [0.29, 0.717) is 11.4 Å². The van der Waals surface area contributed by atoms with Gasteiger partial charge in [-0.25, -0.2) is 8.42 Å². The number of benzene rings is 3. The first-order chi connectivity index (χ1) is 14.9. The Morgan fingerprint density at radius 1 is 0.935 bits per heavy atom. The molecular weight excluding hydrogens is 434 g/mol. The van der Waals surface area contributed by atoms with E-state index >= 15 is 0 Å². The van der Waals surface area contributed by atoms with E-state index in [1.807, 2.05) is 42.5 Å². The van der Waals surface area contributed by atoms with Crippen LogP contribution in [0.5, 0.6) is 0 Å². The van der Waals surface area contributed by atoms with Crippen molar-refractivity contribution in [1.29, 1.82) is 0 Å². The quantitative estimate of drug-likeness (QED) is 0.610. The number of aliphatic carboxylic acids is 1. The molecule has 0 aromatic heterocycles. The number of hydrogen-bond donors (Lipinski definition) is 1. The van der Waals surface area contributed by atoms with Gasteiger partial charge in [-0.1, -0.05) is 66.2 Å². The van der Waals surface area contributed by atoms with Gasteiger partial charge in [-0.3, -0.25) is 4.79 Å². The predicted octanol–water partition coefficient (Wildman–Crippen LogP) is 4.64. The van der Waals surface area contributed by atoms with Gasteiger partial charge in [-0.2, -0.15) is 4.31 Å². The Hall–Kier alpha value is -2.67. The maximum Gasteiger partial charge on any atom is 0.326 e. The van der Waals surface area contributed by atoms with Crippen molar-refractivity contribution in [3.05, 3.63) is 89.4 Å². The van der Waals surface area contributed by atoms with Crippen molar-refractivity contribution in [3.8, 4) is 11.1 Å². The summed E-state index contributed by atoms with van der Waals surface area (Å²) >= 11 is 5.94. The van der Waals surface area contributed by atoms with Gasteiger partial charge in [-0.05, 0) is 47.4 Å². The van der Waals surface area contributed by atoms with Crippen LogP contribution in [0.4, 0.5) is 0 Å². The minimum atomic E-state index is -3.96. The number of carboxylic acid groups (broad SMARTS) is 1. The molecule has 7 heteroatoms. The van der Waals surface area contributed by atoms with Gasteiger partial charge in [0.25, 0.3) is 0 Å². The highest BCUT2D eigenvalue weighted by atomic mass is 35.5. The highest BCUT2D eigenvalue weighted by molar-refractivity contribution is 7.89. The first kappa shape index (κ1) is 20.2. The fourth-order valence-electron chi connectivity index (χ4n) is 5.07. The van der Waals surface area contributed by atoms with Crippen LogP contribution >= 0.6 is 11.6 Å². The molecule has 158 valence electrons. The van der Waals surface area contributed by atoms with E-state index in [0.717, 1.165) is 16.7 Å². The van der Waals surface area contributed by atoms with Crippen LogP contribution in [-0.4, -0.2) is 35.9 Å². The molecule has 5 nitrogen and oxygen atoms in total. The molecule has 0 bridgehead atoms. The lowest BCUT2D eigenvalue weighted by Gasteiger charge is -2.26. The van der Waals surface area contributed by atoms with E-state index in [4.69, 9.17) is 11.6 Å². The maximum absolute atomic E-state index is 13.5. The van der Waals surface area contributed by atoms with Crippen molar-refractivity contribution >= 4 is 27.6 Å². The average Bonchev–Trinajstić information content (AvgIpc) is 3.28. The second kappa shape index (κ2) is 7.19. The lowest BCUT2D eigenvalue weighted by atomic mass is 10.1. The monoisotopic (exact) mass is 453 g/mol. The third kappa shape index (κ3) is 3.01. The second-order valence-electron chi connectivity index (χ2n) is 8.02. The normalized spacial score (nSPS) is 25.2. The summed E-state index contributed by atoms with van der Waals surface area (Å²) in [5, 5.41) is 10.8. The molecule has 1 N–H and O–H groups in total. The van der Waals surface area contributed by atoms with Crippen LogP contribution in [0.3, 0.4) is 0 Å². The Balaban J connectivity index is 1.49. The van der Waals surface area contributed by atoms with Gasteiger partial charge in [0.15, 0.2) is 0 Å². The zero-order chi connectivity index (χ0) is 21.8. The molecule has 0 unspecified atom stereocenters. The van der Waals surface area contributed by atoms with E-state index in [2.05, 4.69) is 0 Å². The molecule has 3 aromatic carbocycles. The number of nitrogens with zero attached hydrogens (tertiary/aromatic N) is 1. The second-order valence-corrected chi connectivity index (χ2v) is 10.3. The summed E-state index contributed by atoms with van der Waals surface area (Å²) in [7, 11) is -3.96. The number of sulfonamides is 1. The fraction of sp³-hybridized carbons (Fsp3) is 0.208. The number of fused-ring (bicyclic) bond motifs is 1. The number of carbonyl (C=O) groups is 1. The minimum Gasteiger partial charge on any atom is -0.480 e. The molecule has 31 heavy (non-hydrogen) atoms. The highest BCUT2D eigenvalue weighted by Crippen LogP contribution is 2.67. The standard InChI is InChI=1S/C24H20ClNO4S/c25-19-10-6-16(7-11-19)17-8-12-20(13-9-17)31(29,30)26-15-14-21-22(24(21,26)23(27)28)18-4-2-1-3-5-18/h1-13,21-22H,14-15H2,(H,27,28)/t21-,22-,24-/m1/s1. The minimum absolute atomic E-state index is 0.102. The van der Waals surface area contributed by atoms with E-state index < -0.39 is 21.5 Å². The van der Waals surface area contributed by atoms with Crippen LogP contribution in [0.15, 0.2) is 83.8 Å². The van der Waals surface area contributed by atoms with Gasteiger partial charge in [-0.15, -0.1) is 0 Å². The maximum atomic E-state index is 13.5. The molecule has 1 aliphatic heterocycles. The summed E-state index contributed by atoms with van der Waals surface area (Å²) in [6.45, 7) is 0.210. The van der Waals surface area contributed by atoms with Gasteiger partial charge in [0.1, 0.15) is 5.54 Å². The summed E-state index contributed by atoms with van der Waals surface area (Å²) in [6, 6.07) is 23.2. The molecule has 0 radical (unpaired) electrons. The predicted molar refractivity (Wildman–Crippen MR) is 118 cm³/mol. The first-order valence-electron chi connectivity index (χ1n) is 10.0. The van der Waals surface area contributed by atoms with Crippen LogP contribution in [0.2, 0.25) is 5.02 Å². The van der Waals surface area contributed by atoms with Crippen LogP contribution in [0, 0.1) is 5.92 Å². The van der Waals surface area contributed by atoms with Gasteiger partial charge < -0.3 is 5.11 Å². The molecule has 1 heterocycles. The fourth-order valence-corrected chi connectivity index (χ4v) is 7.00. The van der Waals surface area contributed by atoms with Crippen molar-refractivity contribution in [2.75, 3.05) is 6.54 Å². The van der Waals surface area contributed by atoms with Crippen molar-refractivity contribution < 1.29 is 18.3 Å². The van der Waals surface area contributed by atoms with Crippen molar-refractivity contribution in [2.24, 2.45) is 5.92 Å². The summed E-state index contributed by atoms with van der Waals surface area (Å²) in [4.78, 5) is 12.5. The van der Waals surface area contributed by atoms with Gasteiger partial charge >= 0.3 is 5.97 Å². The molecule has 5 rings (SSSR count). The molecular formula is C24H20ClNO4S. The number of halogens is 1. The van der Waals surface area contributed by atoms with E-state index in [1.54, 1.807) is 36.4 Å². The SMILES string of the molecule is O=C(O)[C@]12[C@H](CCN1S(=O)(=O)c1ccc(-c3ccc(Cl)cc3)cc1)[C@H]2c1ccccc1. The Morgan fingerprint density at radius 2 is 1.52 bits per heavy atom. The largest absolute Gasteiger partial charge is 0.480 e. The number of carboxylic acids is 1. The number of rotatable bonds is 5. The zero-order valence-corrected chi connectivity index (χ0v) is 18.1. The Labute approximate surface area is 186 Å². The van der Waals surface area contributed by atoms with Gasteiger partial charge in [0.05, 0.1) is 4.90 Å². The molecule has 0 spiro atoms.